The van der Waals surface area contributed by atoms with Gasteiger partial charge in [-0.05, 0) is 79.2 Å². The number of hydrogen-bond donors (Lipinski definition) is 0. The minimum atomic E-state index is -0.900. The van der Waals surface area contributed by atoms with Crippen molar-refractivity contribution in [1.29, 1.82) is 0 Å². The molecule has 4 atom stereocenters. The van der Waals surface area contributed by atoms with Gasteiger partial charge in [-0.3, -0.25) is 0 Å². The van der Waals surface area contributed by atoms with E-state index >= 15 is 0 Å². The largest absolute Gasteiger partial charge is 4.00 e. The fraction of sp³-hybridized carbons (Fsp3) is 0.600. The van der Waals surface area contributed by atoms with E-state index in [2.05, 4.69) is 82.0 Å². The Balaban J connectivity index is -0.000000174. The molecule has 156 valence electrons. The average Bonchev–Trinajstić information content (AvgIpc) is 2.75. The second-order valence-corrected chi connectivity index (χ2v) is 12.8. The summed E-state index contributed by atoms with van der Waals surface area (Å²) in [6.07, 6.45) is 0. The van der Waals surface area contributed by atoms with E-state index in [1.54, 1.807) is 0 Å². The Morgan fingerprint density at radius 2 is 0.926 bits per heavy atom. The Kier molecular flexibility index (Phi) is 17.5. The summed E-state index contributed by atoms with van der Waals surface area (Å²) in [6.45, 7) is 31.5. The first-order valence-electron chi connectivity index (χ1n) is 9.05. The molecule has 1 saturated carbocycles. The predicted molar refractivity (Wildman–Crippen MR) is 130 cm³/mol. The summed E-state index contributed by atoms with van der Waals surface area (Å²) in [7, 11) is -0.900. The van der Waals surface area contributed by atoms with Gasteiger partial charge in [0.15, 0.2) is 0 Å². The van der Waals surface area contributed by atoms with Crippen LogP contribution in [0.1, 0.15) is 55.4 Å². The van der Waals surface area contributed by atoms with Crippen LogP contribution in [0.5, 0.6) is 0 Å². The maximum atomic E-state index is 4.43. The Morgan fingerprint density at radius 3 is 1.04 bits per heavy atom. The van der Waals surface area contributed by atoms with Crippen molar-refractivity contribution in [2.75, 3.05) is 13.3 Å². The van der Waals surface area contributed by atoms with Crippen LogP contribution < -0.4 is 0 Å². The summed E-state index contributed by atoms with van der Waals surface area (Å²) >= 11 is 0. The smallest absolute Gasteiger partial charge is 0.358 e. The van der Waals surface area contributed by atoms with E-state index < -0.39 is 7.26 Å². The molecule has 0 aromatic carbocycles. The van der Waals surface area contributed by atoms with Crippen LogP contribution in [0.15, 0.2) is 34.4 Å². The zero-order chi connectivity index (χ0) is 18.3. The minimum Gasteiger partial charge on any atom is -0.358 e. The van der Waals surface area contributed by atoms with Crippen LogP contribution in [0, 0.1) is 94.4 Å². The van der Waals surface area contributed by atoms with E-state index in [1.165, 1.54) is 27.9 Å². The monoisotopic (exact) mass is 519 g/mol. The third-order valence-corrected chi connectivity index (χ3v) is 9.52. The molecular weight excluding hydrogens is 471 g/mol. The summed E-state index contributed by atoms with van der Waals surface area (Å²) in [5.74, 6) is 3.54. The third-order valence-electron chi connectivity index (χ3n) is 6.97. The van der Waals surface area contributed by atoms with Crippen LogP contribution in [0.3, 0.4) is 0 Å². The molecule has 0 spiro atoms. The SMILES string of the molecule is C=C1C(C)=C(C)C(C)=C1C.[CH2-][P+](C)(C)C1C(C)C(C)C(C)C1C.[CH3-].[CH3-].[CH3-].[Ce+4]. The molecule has 2 heteroatoms. The molecule has 0 bridgehead atoms. The minimum absolute atomic E-state index is 0. The van der Waals surface area contributed by atoms with Crippen molar-refractivity contribution in [2.45, 2.75) is 61.0 Å². The summed E-state index contributed by atoms with van der Waals surface area (Å²) in [5.41, 5.74) is 7.64. The van der Waals surface area contributed by atoms with Crippen LogP contribution in [-0.4, -0.2) is 19.0 Å². The number of rotatable bonds is 1. The normalized spacial score (nSPS) is 29.7. The maximum absolute atomic E-state index is 4.43. The molecule has 0 N–H and O–H groups in total. The molecule has 0 nitrogen and oxygen atoms in total. The summed E-state index contributed by atoms with van der Waals surface area (Å²) in [6, 6.07) is 0. The van der Waals surface area contributed by atoms with Gasteiger partial charge >= 0.3 is 41.7 Å². The standard InChI is InChI=1S/C12H25P.C10H14.3CH3.Ce/c1-8-9(2)11(4)12(10(8)3)13(5,6)7;1-6-7(2)9(4)10(5)8(6)3;;;;/h8-12H,5H2,1-4,6-7H3;1H2,2-5H3;3*1H3;/q;;3*-1;+4. The third kappa shape index (κ3) is 7.65. The van der Waals surface area contributed by atoms with Gasteiger partial charge in [0.2, 0.25) is 0 Å². The fourth-order valence-corrected chi connectivity index (χ4v) is 7.72. The fourth-order valence-electron chi connectivity index (χ4n) is 4.63. The molecule has 0 aromatic rings. The molecule has 2 aliphatic rings. The van der Waals surface area contributed by atoms with E-state index in [-0.39, 0.29) is 64.0 Å². The summed E-state index contributed by atoms with van der Waals surface area (Å²) < 4.78 is 0. The van der Waals surface area contributed by atoms with E-state index in [9.17, 15) is 0 Å². The Hall–Kier alpha value is 1.03. The van der Waals surface area contributed by atoms with Gasteiger partial charge in [-0.15, -0.1) is 7.26 Å². The van der Waals surface area contributed by atoms with Crippen LogP contribution >= 0.6 is 7.26 Å². The van der Waals surface area contributed by atoms with Crippen molar-refractivity contribution in [3.05, 3.63) is 63.4 Å². The van der Waals surface area contributed by atoms with E-state index in [0.29, 0.717) is 0 Å². The van der Waals surface area contributed by atoms with Gasteiger partial charge in [0.1, 0.15) is 0 Å². The zero-order valence-electron chi connectivity index (χ0n) is 20.7. The Labute approximate surface area is 208 Å². The molecule has 2 aliphatic carbocycles. The van der Waals surface area contributed by atoms with E-state index in [4.69, 9.17) is 0 Å². The van der Waals surface area contributed by atoms with Crippen LogP contribution in [0.4, 0.5) is 0 Å². The first-order chi connectivity index (χ1) is 10.3. The molecule has 0 amide bonds. The average molecular weight is 520 g/mol. The van der Waals surface area contributed by atoms with Crippen LogP contribution in [-0.2, 0) is 0 Å². The quantitative estimate of drug-likeness (QED) is 0.240. The summed E-state index contributed by atoms with van der Waals surface area (Å²) in [5, 5.41) is 0. The Bertz CT molecular complexity index is 493. The number of allylic oxidation sites excluding steroid dienone is 5. The van der Waals surface area contributed by atoms with Gasteiger partial charge in [0.25, 0.3) is 0 Å². The van der Waals surface area contributed by atoms with E-state index in [0.717, 1.165) is 29.3 Å². The summed E-state index contributed by atoms with van der Waals surface area (Å²) in [4.78, 5) is 0. The van der Waals surface area contributed by atoms with Crippen molar-refractivity contribution < 1.29 is 41.7 Å². The molecule has 2 rings (SSSR count). The van der Waals surface area contributed by atoms with Crippen molar-refractivity contribution in [2.24, 2.45) is 23.7 Å². The maximum Gasteiger partial charge on any atom is 4.00 e. The molecule has 0 saturated heterocycles. The molecule has 27 heavy (non-hydrogen) atoms. The van der Waals surface area contributed by atoms with Gasteiger partial charge in [-0.1, -0.05) is 34.3 Å². The second kappa shape index (κ2) is 13.4. The van der Waals surface area contributed by atoms with Crippen LogP contribution in [0.2, 0.25) is 0 Å². The molecule has 0 aromatic heterocycles. The predicted octanol–water partition coefficient (Wildman–Crippen LogP) is 8.56. The van der Waals surface area contributed by atoms with Crippen molar-refractivity contribution in [1.82, 2.24) is 0 Å². The second-order valence-electron chi connectivity index (χ2n) is 8.68. The Morgan fingerprint density at radius 1 is 0.667 bits per heavy atom. The van der Waals surface area contributed by atoms with Gasteiger partial charge < -0.3 is 22.3 Å². The number of hydrogen-bond acceptors (Lipinski definition) is 0. The van der Waals surface area contributed by atoms with Gasteiger partial charge in [0, 0.05) is 19.0 Å². The topological polar surface area (TPSA) is 0 Å². The molecule has 0 aliphatic heterocycles. The van der Waals surface area contributed by atoms with Crippen molar-refractivity contribution >= 4 is 7.26 Å². The molecule has 1 fully saturated rings. The molecule has 4 unspecified atom stereocenters. The van der Waals surface area contributed by atoms with E-state index in [1.807, 2.05) is 0 Å². The zero-order valence-corrected chi connectivity index (χ0v) is 24.8. The first-order valence-corrected chi connectivity index (χ1v) is 12.0. The van der Waals surface area contributed by atoms with Gasteiger partial charge in [-0.25, -0.2) is 0 Å². The first kappa shape index (κ1) is 35.5. The van der Waals surface area contributed by atoms with Crippen molar-refractivity contribution in [3.8, 4) is 0 Å². The molecule has 0 radical (unpaired) electrons. The molecular formula is C25H48CeP+. The van der Waals surface area contributed by atoms with Gasteiger partial charge in [0.05, 0.1) is 0 Å². The van der Waals surface area contributed by atoms with Gasteiger partial charge in [-0.2, -0.15) is 6.66 Å². The van der Waals surface area contributed by atoms with Crippen molar-refractivity contribution in [3.63, 3.8) is 0 Å². The molecule has 0 heterocycles. The van der Waals surface area contributed by atoms with Crippen LogP contribution in [0.25, 0.3) is 0 Å².